The van der Waals surface area contributed by atoms with E-state index in [1.165, 1.54) is 0 Å². The van der Waals surface area contributed by atoms with Gasteiger partial charge in [-0.05, 0) is 0 Å². The van der Waals surface area contributed by atoms with E-state index >= 15 is 0 Å². The van der Waals surface area contributed by atoms with Crippen molar-refractivity contribution in [1.82, 2.24) is 0 Å². The summed E-state index contributed by atoms with van der Waals surface area (Å²) in [7, 11) is -2.38. The van der Waals surface area contributed by atoms with E-state index in [1.54, 1.807) is 0 Å². The molecule has 0 fully saturated rings. The maximum absolute atomic E-state index is 4.19. The molecule has 0 aromatic carbocycles. The Morgan fingerprint density at radius 3 is 0.929 bits per heavy atom. The smallest absolute Gasteiger partial charge is 0.126 e. The van der Waals surface area contributed by atoms with Gasteiger partial charge < -0.3 is 0 Å². The molecule has 5 heteroatoms. The van der Waals surface area contributed by atoms with Crippen LogP contribution in [0.1, 0.15) is 0 Å². The molecule has 0 amide bonds. The van der Waals surface area contributed by atoms with Gasteiger partial charge in [0.05, 0.1) is 16.1 Å². The standard InChI is InChI=1S/C9H24Br2Si3/c1-12(2,3)9(10,13(4,5)6)14(7,8)11/h1-8H3. The predicted molar refractivity (Wildman–Crippen MR) is 84.8 cm³/mol. The first-order chi connectivity index (χ1) is 5.75. The van der Waals surface area contributed by atoms with Crippen LogP contribution >= 0.6 is 31.2 Å². The van der Waals surface area contributed by atoms with Crippen molar-refractivity contribution in [3.63, 3.8) is 0 Å². The van der Waals surface area contributed by atoms with E-state index in [1.807, 2.05) is 0 Å². The molecule has 14 heavy (non-hydrogen) atoms. The van der Waals surface area contributed by atoms with Crippen molar-refractivity contribution in [2.24, 2.45) is 0 Å². The molecular weight excluding hydrogens is 352 g/mol. The zero-order valence-electron chi connectivity index (χ0n) is 10.8. The number of rotatable bonds is 3. The molecule has 0 bridgehead atoms. The fourth-order valence-corrected chi connectivity index (χ4v) is 36.9. The molecule has 0 aliphatic carbocycles. The molecule has 0 aromatic rings. The molecule has 0 N–H and O–H groups in total. The van der Waals surface area contributed by atoms with Crippen molar-refractivity contribution in [3.05, 3.63) is 0 Å². The summed E-state index contributed by atoms with van der Waals surface area (Å²) in [5.41, 5.74) is 0. The van der Waals surface area contributed by atoms with Crippen LogP contribution in [0.2, 0.25) is 52.4 Å². The molecule has 0 aliphatic heterocycles. The monoisotopic (exact) mass is 374 g/mol. The van der Waals surface area contributed by atoms with E-state index in [0.29, 0.717) is 3.19 Å². The third kappa shape index (κ3) is 2.64. The van der Waals surface area contributed by atoms with Crippen LogP contribution in [0.25, 0.3) is 0 Å². The molecule has 0 atom stereocenters. The molecule has 0 saturated carbocycles. The fourth-order valence-electron chi connectivity index (χ4n) is 2.91. The first kappa shape index (κ1) is 15.6. The summed E-state index contributed by atoms with van der Waals surface area (Å²) in [4.78, 5) is 0. The van der Waals surface area contributed by atoms with Crippen LogP contribution < -0.4 is 0 Å². The molecule has 0 rings (SSSR count). The van der Waals surface area contributed by atoms with Gasteiger partial charge in [0.15, 0.2) is 0 Å². The lowest BCUT2D eigenvalue weighted by Crippen LogP contribution is -2.72. The van der Waals surface area contributed by atoms with Gasteiger partial charge in [0.25, 0.3) is 0 Å². The van der Waals surface area contributed by atoms with Gasteiger partial charge in [-0.3, -0.25) is 0 Å². The second-order valence-electron chi connectivity index (χ2n) is 6.63. The zero-order valence-corrected chi connectivity index (χ0v) is 16.9. The molecule has 0 aromatic heterocycles. The number of hydrogen-bond acceptors (Lipinski definition) is 0. The summed E-state index contributed by atoms with van der Waals surface area (Å²) >= 11 is 8.22. The van der Waals surface area contributed by atoms with Gasteiger partial charge in [-0.1, -0.05) is 68.3 Å². The number of halogens is 2. The highest BCUT2D eigenvalue weighted by Crippen LogP contribution is 2.48. The number of hydrogen-bond donors (Lipinski definition) is 0. The Labute approximate surface area is 109 Å². The van der Waals surface area contributed by atoms with Gasteiger partial charge in [0.2, 0.25) is 0 Å². The summed E-state index contributed by atoms with van der Waals surface area (Å²) in [6, 6.07) is 0. The minimum Gasteiger partial charge on any atom is -0.126 e. The second kappa shape index (κ2) is 4.13. The quantitative estimate of drug-likeness (QED) is 0.369. The largest absolute Gasteiger partial charge is 0.135 e. The Kier molecular flexibility index (Phi) is 4.60. The summed E-state index contributed by atoms with van der Waals surface area (Å²) in [5.74, 6) is 0. The average Bonchev–Trinajstić information content (AvgIpc) is 1.77. The van der Waals surface area contributed by atoms with Crippen LogP contribution in [0.5, 0.6) is 0 Å². The molecule has 0 radical (unpaired) electrons. The van der Waals surface area contributed by atoms with Crippen molar-refractivity contribution in [1.29, 1.82) is 0 Å². The van der Waals surface area contributed by atoms with Crippen LogP contribution in [-0.2, 0) is 0 Å². The summed E-state index contributed by atoms with van der Waals surface area (Å²) < 4.78 is 0.458. The SMILES string of the molecule is C[Si](C)(C)C(Br)([Si](C)(C)C)[Si](C)(C)Br. The lowest BCUT2D eigenvalue weighted by atomic mass is 11.7. The molecule has 0 saturated heterocycles. The lowest BCUT2D eigenvalue weighted by molar-refractivity contribution is 1.34. The third-order valence-corrected chi connectivity index (χ3v) is 37.1. The number of alkyl halides is 1. The molecule has 0 unspecified atom stereocenters. The first-order valence-corrected chi connectivity index (χ1v) is 18.2. The first-order valence-electron chi connectivity index (χ1n) is 5.13. The molecule has 86 valence electrons. The van der Waals surface area contributed by atoms with Crippen molar-refractivity contribution in [2.45, 2.75) is 55.6 Å². The van der Waals surface area contributed by atoms with E-state index < -0.39 is 22.8 Å². The van der Waals surface area contributed by atoms with Gasteiger partial charge >= 0.3 is 0 Å². The highest BCUT2D eigenvalue weighted by Gasteiger charge is 2.59. The molecule has 0 spiro atoms. The Balaban J connectivity index is 5.54. The van der Waals surface area contributed by atoms with E-state index in [4.69, 9.17) is 0 Å². The third-order valence-electron chi connectivity index (χ3n) is 2.89. The average molecular weight is 376 g/mol. The maximum atomic E-state index is 4.19. The maximum Gasteiger partial charge on any atom is 0.135 e. The van der Waals surface area contributed by atoms with Crippen molar-refractivity contribution in [3.8, 4) is 0 Å². The van der Waals surface area contributed by atoms with E-state index in [-0.39, 0.29) is 0 Å². The summed E-state index contributed by atoms with van der Waals surface area (Å²) in [5, 5.41) is 0. The van der Waals surface area contributed by atoms with Gasteiger partial charge in [-0.2, -0.15) is 0 Å². The lowest BCUT2D eigenvalue weighted by Gasteiger charge is -2.53. The van der Waals surface area contributed by atoms with E-state index in [2.05, 4.69) is 83.6 Å². The van der Waals surface area contributed by atoms with E-state index in [0.717, 1.165) is 0 Å². The fraction of sp³-hybridized carbons (Fsp3) is 1.00. The van der Waals surface area contributed by atoms with Crippen molar-refractivity contribution < 1.29 is 0 Å². The second-order valence-corrected chi connectivity index (χ2v) is 31.7. The normalized spacial score (nSPS) is 15.9. The highest BCUT2D eigenvalue weighted by molar-refractivity contribution is 9.28. The Hall–Kier alpha value is 1.61. The minimum atomic E-state index is -1.33. The molecule has 0 heterocycles. The Morgan fingerprint density at radius 2 is 0.929 bits per heavy atom. The van der Waals surface area contributed by atoms with Crippen LogP contribution in [-0.4, -0.2) is 26.0 Å². The molecule has 0 aliphatic rings. The highest BCUT2D eigenvalue weighted by atomic mass is 79.9. The van der Waals surface area contributed by atoms with Crippen LogP contribution in [0.4, 0.5) is 0 Å². The molecular formula is C9H24Br2Si3. The summed E-state index contributed by atoms with van der Waals surface area (Å²) in [6.07, 6.45) is 0. The summed E-state index contributed by atoms with van der Waals surface area (Å²) in [6.45, 7) is 18.5. The van der Waals surface area contributed by atoms with E-state index in [9.17, 15) is 0 Å². The Morgan fingerprint density at radius 1 is 0.714 bits per heavy atom. The van der Waals surface area contributed by atoms with Gasteiger partial charge in [-0.15, -0.1) is 15.3 Å². The van der Waals surface area contributed by atoms with Crippen molar-refractivity contribution >= 4 is 54.1 Å². The van der Waals surface area contributed by atoms with Crippen LogP contribution in [0.15, 0.2) is 0 Å². The minimum absolute atomic E-state index is 0.458. The molecule has 0 nitrogen and oxygen atoms in total. The predicted octanol–water partition coefficient (Wildman–Crippen LogP) is 5.01. The van der Waals surface area contributed by atoms with Crippen molar-refractivity contribution in [2.75, 3.05) is 0 Å². The topological polar surface area (TPSA) is 0 Å². The zero-order chi connectivity index (χ0) is 12.0. The van der Waals surface area contributed by atoms with Crippen LogP contribution in [0.3, 0.4) is 0 Å². The van der Waals surface area contributed by atoms with Gasteiger partial charge in [0.1, 0.15) is 6.69 Å². The van der Waals surface area contributed by atoms with Crippen LogP contribution in [0, 0.1) is 0 Å². The Bertz CT molecular complexity index is 172. The van der Waals surface area contributed by atoms with Gasteiger partial charge in [-0.25, -0.2) is 0 Å². The van der Waals surface area contributed by atoms with Gasteiger partial charge in [0, 0.05) is 3.19 Å².